The van der Waals surface area contributed by atoms with Crippen molar-refractivity contribution in [3.8, 4) is 23.0 Å². The molecular weight excluding hydrogens is 432 g/mol. The van der Waals surface area contributed by atoms with Crippen molar-refractivity contribution in [2.75, 3.05) is 45.7 Å². The van der Waals surface area contributed by atoms with Crippen LogP contribution in [0.15, 0.2) is 36.7 Å². The molecule has 0 amide bonds. The fourth-order valence-electron chi connectivity index (χ4n) is 3.96. The van der Waals surface area contributed by atoms with Crippen molar-refractivity contribution >= 4 is 23.1 Å². The van der Waals surface area contributed by atoms with Crippen molar-refractivity contribution in [1.29, 1.82) is 0 Å². The molecule has 8 nitrogen and oxygen atoms in total. The molecule has 0 spiro atoms. The van der Waals surface area contributed by atoms with Crippen molar-refractivity contribution in [3.63, 3.8) is 0 Å². The number of nitrogens with zero attached hydrogens (tertiary/aromatic N) is 3. The number of halogens is 1. The zero-order valence-electron chi connectivity index (χ0n) is 18.6. The summed E-state index contributed by atoms with van der Waals surface area (Å²) in [5.41, 5.74) is 3.50. The van der Waals surface area contributed by atoms with Crippen LogP contribution in [0, 0.1) is 0 Å². The van der Waals surface area contributed by atoms with Gasteiger partial charge in [0.25, 0.3) is 0 Å². The molecule has 32 heavy (non-hydrogen) atoms. The topological polar surface area (TPSA) is 78.0 Å². The third kappa shape index (κ3) is 3.93. The van der Waals surface area contributed by atoms with E-state index in [0.717, 1.165) is 16.7 Å². The third-order valence-electron chi connectivity index (χ3n) is 5.49. The number of methoxy groups -OCH3 is 4. The number of hydrogen-bond acceptors (Lipinski definition) is 8. The van der Waals surface area contributed by atoms with E-state index in [9.17, 15) is 0 Å². The monoisotopic (exact) mass is 456 g/mol. The van der Waals surface area contributed by atoms with Crippen LogP contribution in [-0.4, -0.2) is 45.5 Å². The van der Waals surface area contributed by atoms with Crippen LogP contribution in [0.5, 0.6) is 23.0 Å². The predicted octanol–water partition coefficient (Wildman–Crippen LogP) is 4.32. The Balaban J connectivity index is 2.00. The molecule has 3 aromatic rings. The van der Waals surface area contributed by atoms with Crippen LogP contribution in [0.1, 0.15) is 22.7 Å². The van der Waals surface area contributed by atoms with Gasteiger partial charge >= 0.3 is 0 Å². The molecule has 0 bridgehead atoms. The first-order valence-electron chi connectivity index (χ1n) is 9.95. The fourth-order valence-corrected chi connectivity index (χ4v) is 4.15. The summed E-state index contributed by atoms with van der Waals surface area (Å²) in [7, 11) is 8.48. The smallest absolute Gasteiger partial charge is 0.157 e. The summed E-state index contributed by atoms with van der Waals surface area (Å²) in [4.78, 5) is 10.7. The Morgan fingerprint density at radius 1 is 0.906 bits per heavy atom. The maximum Gasteiger partial charge on any atom is 0.157 e. The molecule has 2 aromatic carbocycles. The average Bonchev–Trinajstić information content (AvgIpc) is 2.81. The largest absolute Gasteiger partial charge is 0.497 e. The Labute approximate surface area is 192 Å². The maximum atomic E-state index is 6.51. The normalized spacial score (nSPS) is 14.9. The maximum absolute atomic E-state index is 6.51. The summed E-state index contributed by atoms with van der Waals surface area (Å²) in [6, 6.07) is 9.26. The van der Waals surface area contributed by atoms with E-state index in [0.29, 0.717) is 46.2 Å². The molecule has 0 radical (unpaired) electrons. The van der Waals surface area contributed by atoms with Crippen molar-refractivity contribution in [3.05, 3.63) is 58.5 Å². The molecule has 9 heteroatoms. The lowest BCUT2D eigenvalue weighted by atomic mass is 9.91. The number of benzene rings is 2. The first kappa shape index (κ1) is 21.8. The number of anilines is 2. The summed E-state index contributed by atoms with van der Waals surface area (Å²) in [6.07, 6.45) is 1.46. The number of rotatable bonds is 5. The molecule has 168 valence electrons. The zero-order valence-corrected chi connectivity index (χ0v) is 19.4. The number of fused-ring (bicyclic) bond motifs is 2. The lowest BCUT2D eigenvalue weighted by Gasteiger charge is -2.33. The van der Waals surface area contributed by atoms with Gasteiger partial charge in [0.1, 0.15) is 35.0 Å². The van der Waals surface area contributed by atoms with Crippen LogP contribution in [0.4, 0.5) is 11.5 Å². The number of nitrogens with one attached hydrogen (secondary N) is 1. The standard InChI is InChI=1S/C23H25ClN4O4/c1-28-11-14-8-17(31-4)10-18(32-5)19(14)20(27-21-22(24)25-12-26-23(21)28)13-6-15(29-2)9-16(7-13)30-3/h6-10,12,20,27H,11H2,1-5H3. The zero-order chi connectivity index (χ0) is 22.8. The summed E-state index contributed by atoms with van der Waals surface area (Å²) < 4.78 is 22.4. The van der Waals surface area contributed by atoms with Crippen LogP contribution in [0.2, 0.25) is 5.15 Å². The average molecular weight is 457 g/mol. The van der Waals surface area contributed by atoms with Crippen LogP contribution in [0.25, 0.3) is 0 Å². The van der Waals surface area contributed by atoms with Gasteiger partial charge in [0, 0.05) is 31.3 Å². The minimum atomic E-state index is -0.356. The van der Waals surface area contributed by atoms with Gasteiger partial charge in [-0.25, -0.2) is 9.97 Å². The molecule has 0 aliphatic carbocycles. The van der Waals surface area contributed by atoms with Gasteiger partial charge in [0.05, 0.1) is 34.5 Å². The molecule has 1 aliphatic rings. The second-order valence-corrected chi connectivity index (χ2v) is 7.70. The molecule has 0 fully saturated rings. The first-order valence-corrected chi connectivity index (χ1v) is 10.3. The molecule has 1 aliphatic heterocycles. The summed E-state index contributed by atoms with van der Waals surface area (Å²) in [5.74, 6) is 3.42. The first-order chi connectivity index (χ1) is 15.5. The highest BCUT2D eigenvalue weighted by atomic mass is 35.5. The van der Waals surface area contributed by atoms with Crippen molar-refractivity contribution in [1.82, 2.24) is 9.97 Å². The quantitative estimate of drug-likeness (QED) is 0.569. The van der Waals surface area contributed by atoms with Crippen LogP contribution in [-0.2, 0) is 6.54 Å². The van der Waals surface area contributed by atoms with Gasteiger partial charge in [-0.05, 0) is 29.3 Å². The van der Waals surface area contributed by atoms with E-state index in [-0.39, 0.29) is 6.04 Å². The SMILES string of the molecule is COc1cc(OC)cc(C2Nc3c(Cl)ncnc3N(C)Cc3cc(OC)cc(OC)c32)c1. The van der Waals surface area contributed by atoms with E-state index in [1.54, 1.807) is 28.4 Å². The van der Waals surface area contributed by atoms with Crippen molar-refractivity contribution in [2.24, 2.45) is 0 Å². The van der Waals surface area contributed by atoms with E-state index in [1.807, 2.05) is 42.3 Å². The van der Waals surface area contributed by atoms with Crippen molar-refractivity contribution in [2.45, 2.75) is 12.6 Å². The molecule has 1 atom stereocenters. The van der Waals surface area contributed by atoms with E-state index in [2.05, 4.69) is 15.3 Å². The molecule has 2 heterocycles. The Kier molecular flexibility index (Phi) is 6.14. The fraction of sp³-hybridized carbons (Fsp3) is 0.304. The number of ether oxygens (including phenoxy) is 4. The van der Waals surface area contributed by atoms with E-state index >= 15 is 0 Å². The van der Waals surface area contributed by atoms with Gasteiger partial charge in [-0.15, -0.1) is 0 Å². The molecular formula is C23H25ClN4O4. The van der Waals surface area contributed by atoms with Crippen LogP contribution >= 0.6 is 11.6 Å². The Bertz CT molecular complexity index is 1120. The van der Waals surface area contributed by atoms with Crippen LogP contribution < -0.4 is 29.2 Å². The second kappa shape index (κ2) is 9.00. The Morgan fingerprint density at radius 3 is 2.19 bits per heavy atom. The molecule has 1 N–H and O–H groups in total. The van der Waals surface area contributed by atoms with Crippen molar-refractivity contribution < 1.29 is 18.9 Å². The summed E-state index contributed by atoms with van der Waals surface area (Å²) >= 11 is 6.51. The Hall–Kier alpha value is -3.39. The number of aromatic nitrogens is 2. The highest BCUT2D eigenvalue weighted by molar-refractivity contribution is 6.32. The predicted molar refractivity (Wildman–Crippen MR) is 124 cm³/mol. The van der Waals surface area contributed by atoms with E-state index in [4.69, 9.17) is 30.5 Å². The van der Waals surface area contributed by atoms with E-state index < -0.39 is 0 Å². The van der Waals surface area contributed by atoms with Gasteiger partial charge < -0.3 is 29.2 Å². The Morgan fingerprint density at radius 2 is 1.56 bits per heavy atom. The molecule has 0 saturated heterocycles. The van der Waals surface area contributed by atoms with Gasteiger partial charge in [-0.3, -0.25) is 0 Å². The minimum absolute atomic E-state index is 0.331. The van der Waals surface area contributed by atoms with Gasteiger partial charge in [-0.1, -0.05) is 11.6 Å². The van der Waals surface area contributed by atoms with Crippen LogP contribution in [0.3, 0.4) is 0 Å². The summed E-state index contributed by atoms with van der Waals surface area (Å²) in [5, 5.41) is 3.89. The highest BCUT2D eigenvalue weighted by Gasteiger charge is 2.30. The lowest BCUT2D eigenvalue weighted by molar-refractivity contribution is 0.387. The molecule has 0 saturated carbocycles. The third-order valence-corrected chi connectivity index (χ3v) is 5.78. The van der Waals surface area contributed by atoms with Gasteiger partial charge in [-0.2, -0.15) is 0 Å². The minimum Gasteiger partial charge on any atom is -0.497 e. The molecule has 1 unspecified atom stereocenters. The van der Waals surface area contributed by atoms with E-state index in [1.165, 1.54) is 6.33 Å². The lowest BCUT2D eigenvalue weighted by Crippen LogP contribution is -2.27. The highest BCUT2D eigenvalue weighted by Crippen LogP contribution is 2.44. The van der Waals surface area contributed by atoms with Gasteiger partial charge in [0.15, 0.2) is 11.0 Å². The van der Waals surface area contributed by atoms with Gasteiger partial charge in [0.2, 0.25) is 0 Å². The second-order valence-electron chi connectivity index (χ2n) is 7.34. The molecule has 4 rings (SSSR count). The summed E-state index contributed by atoms with van der Waals surface area (Å²) in [6.45, 7) is 0.558. The molecule has 1 aromatic heterocycles. The number of hydrogen-bond donors (Lipinski definition) is 1.